The normalized spacial score (nSPS) is 14.8. The average molecular weight is 555 g/mol. The second kappa shape index (κ2) is 10.8. The van der Waals surface area contributed by atoms with Gasteiger partial charge >= 0.3 is 0 Å². The summed E-state index contributed by atoms with van der Waals surface area (Å²) in [6.07, 6.45) is 1.46. The van der Waals surface area contributed by atoms with E-state index in [0.29, 0.717) is 39.4 Å². The maximum atomic E-state index is 14.0. The third-order valence-corrected chi connectivity index (χ3v) is 5.96. The van der Waals surface area contributed by atoms with Gasteiger partial charge in [-0.3, -0.25) is 19.8 Å². The first kappa shape index (κ1) is 24.6. The van der Waals surface area contributed by atoms with Gasteiger partial charge in [0.05, 0.1) is 16.8 Å². The number of nitrogens with one attached hydrogen (secondary N) is 1. The van der Waals surface area contributed by atoms with E-state index in [1.165, 1.54) is 17.0 Å². The van der Waals surface area contributed by atoms with Crippen molar-refractivity contribution < 1.29 is 23.5 Å². The number of anilines is 1. The minimum Gasteiger partial charge on any atom is -0.490 e. The molecule has 1 heterocycles. The fourth-order valence-corrected chi connectivity index (χ4v) is 4.33. The molecule has 3 aromatic carbocycles. The number of para-hydroxylation sites is 1. The Morgan fingerprint density at radius 1 is 1.06 bits per heavy atom. The molecule has 0 spiro atoms. The van der Waals surface area contributed by atoms with Crippen LogP contribution in [0.5, 0.6) is 11.5 Å². The van der Waals surface area contributed by atoms with Gasteiger partial charge < -0.3 is 9.47 Å². The summed E-state index contributed by atoms with van der Waals surface area (Å²) >= 11 is 8.70. The predicted octanol–water partition coefficient (Wildman–Crippen LogP) is 5.40. The van der Waals surface area contributed by atoms with Gasteiger partial charge in [-0.1, -0.05) is 36.4 Å². The van der Waals surface area contributed by atoms with Crippen molar-refractivity contribution in [1.82, 2.24) is 5.32 Å². The highest BCUT2D eigenvalue weighted by Gasteiger charge is 2.34. The molecule has 1 saturated heterocycles. The minimum absolute atomic E-state index is 0.00381. The first-order valence-corrected chi connectivity index (χ1v) is 11.9. The Balaban J connectivity index is 1.66. The van der Waals surface area contributed by atoms with Gasteiger partial charge in [0.15, 0.2) is 16.6 Å². The number of hydrogen-bond donors (Lipinski definition) is 1. The van der Waals surface area contributed by atoms with Crippen molar-refractivity contribution in [1.29, 1.82) is 0 Å². The van der Waals surface area contributed by atoms with Crippen LogP contribution >= 0.6 is 28.1 Å². The lowest BCUT2D eigenvalue weighted by molar-refractivity contribution is -0.122. The Morgan fingerprint density at radius 3 is 2.49 bits per heavy atom. The molecule has 1 fully saturated rings. The van der Waals surface area contributed by atoms with Crippen LogP contribution < -0.4 is 19.7 Å². The highest BCUT2D eigenvalue weighted by molar-refractivity contribution is 9.10. The number of carbonyl (C=O) groups excluding carboxylic acids is 2. The van der Waals surface area contributed by atoms with E-state index in [2.05, 4.69) is 21.2 Å². The molecule has 178 valence electrons. The monoisotopic (exact) mass is 554 g/mol. The van der Waals surface area contributed by atoms with Crippen molar-refractivity contribution in [2.45, 2.75) is 13.5 Å². The maximum Gasteiger partial charge on any atom is 0.270 e. The molecular formula is C26H20BrFN2O4S. The van der Waals surface area contributed by atoms with Gasteiger partial charge in [-0.2, -0.15) is 0 Å². The van der Waals surface area contributed by atoms with E-state index < -0.39 is 11.8 Å². The number of thiocarbonyl (C=S) groups is 1. The number of ether oxygens (including phenoxy) is 2. The summed E-state index contributed by atoms with van der Waals surface area (Å²) in [5.41, 5.74) is 1.38. The Hall–Kier alpha value is -3.56. The van der Waals surface area contributed by atoms with Crippen LogP contribution in [0.2, 0.25) is 0 Å². The molecule has 6 nitrogen and oxygen atoms in total. The van der Waals surface area contributed by atoms with Crippen LogP contribution in [0, 0.1) is 5.82 Å². The Kier molecular flexibility index (Phi) is 7.57. The molecule has 0 atom stereocenters. The SMILES string of the molecule is CCOc1cc(/C=C2/C(=O)NC(=S)N(c3ccccc3)C2=O)cc(Br)c1OCc1ccccc1F. The van der Waals surface area contributed by atoms with E-state index in [4.69, 9.17) is 21.7 Å². The van der Waals surface area contributed by atoms with E-state index >= 15 is 0 Å². The number of nitrogens with zero attached hydrogens (tertiary/aromatic N) is 1. The summed E-state index contributed by atoms with van der Waals surface area (Å²) in [7, 11) is 0. The van der Waals surface area contributed by atoms with E-state index in [-0.39, 0.29) is 23.1 Å². The Morgan fingerprint density at radius 2 is 1.77 bits per heavy atom. The Labute approximate surface area is 215 Å². The highest BCUT2D eigenvalue weighted by atomic mass is 79.9. The van der Waals surface area contributed by atoms with Crippen molar-refractivity contribution in [2.75, 3.05) is 11.5 Å². The first-order chi connectivity index (χ1) is 16.9. The molecule has 3 aromatic rings. The predicted molar refractivity (Wildman–Crippen MR) is 139 cm³/mol. The smallest absolute Gasteiger partial charge is 0.270 e. The van der Waals surface area contributed by atoms with Gasteiger partial charge in [-0.25, -0.2) is 4.39 Å². The molecule has 9 heteroatoms. The number of halogens is 2. The van der Waals surface area contributed by atoms with Crippen molar-refractivity contribution in [3.63, 3.8) is 0 Å². The van der Waals surface area contributed by atoms with Gasteiger partial charge in [0.1, 0.15) is 18.0 Å². The third kappa shape index (κ3) is 5.41. The van der Waals surface area contributed by atoms with E-state index in [1.807, 2.05) is 13.0 Å². The molecule has 0 saturated carbocycles. The van der Waals surface area contributed by atoms with Crippen molar-refractivity contribution in [3.8, 4) is 11.5 Å². The van der Waals surface area contributed by atoms with Crippen molar-refractivity contribution >= 4 is 56.8 Å². The lowest BCUT2D eigenvalue weighted by Gasteiger charge is -2.28. The summed E-state index contributed by atoms with van der Waals surface area (Å²) in [5, 5.41) is 2.57. The van der Waals surface area contributed by atoms with Crippen LogP contribution in [0.1, 0.15) is 18.1 Å². The summed E-state index contributed by atoms with van der Waals surface area (Å²) < 4.78 is 26.1. The largest absolute Gasteiger partial charge is 0.490 e. The summed E-state index contributed by atoms with van der Waals surface area (Å²) in [6, 6.07) is 18.5. The third-order valence-electron chi connectivity index (χ3n) is 5.09. The number of carbonyl (C=O) groups is 2. The molecule has 0 aromatic heterocycles. The van der Waals surface area contributed by atoms with Crippen LogP contribution in [-0.2, 0) is 16.2 Å². The molecule has 0 radical (unpaired) electrons. The maximum absolute atomic E-state index is 14.0. The quantitative estimate of drug-likeness (QED) is 0.241. The molecule has 35 heavy (non-hydrogen) atoms. The van der Waals surface area contributed by atoms with Gasteiger partial charge in [0.25, 0.3) is 11.8 Å². The fraction of sp³-hybridized carbons (Fsp3) is 0.115. The molecule has 4 rings (SSSR count). The van der Waals surface area contributed by atoms with Gasteiger partial charge in [-0.05, 0) is 77.0 Å². The number of benzene rings is 3. The first-order valence-electron chi connectivity index (χ1n) is 10.7. The molecule has 1 aliphatic heterocycles. The molecule has 2 amide bonds. The van der Waals surface area contributed by atoms with E-state index in [0.717, 1.165) is 0 Å². The molecule has 0 aliphatic carbocycles. The van der Waals surface area contributed by atoms with Crippen LogP contribution in [-0.4, -0.2) is 23.5 Å². The van der Waals surface area contributed by atoms with Crippen LogP contribution in [0.25, 0.3) is 6.08 Å². The molecule has 1 aliphatic rings. The topological polar surface area (TPSA) is 67.9 Å². The second-order valence-corrected chi connectivity index (χ2v) is 8.68. The summed E-state index contributed by atoms with van der Waals surface area (Å²) in [6.45, 7) is 2.16. The zero-order valence-corrected chi connectivity index (χ0v) is 21.0. The standard InChI is InChI=1S/C26H20BrFN2O4S/c1-2-33-22-14-16(13-20(27)23(22)34-15-17-8-6-7-11-21(17)28)12-19-24(31)29-26(35)30(25(19)32)18-9-4-3-5-10-18/h3-14H,2,15H2,1H3,(H,29,31,35)/b19-12-. The average Bonchev–Trinajstić information content (AvgIpc) is 2.83. The van der Waals surface area contributed by atoms with E-state index in [9.17, 15) is 14.0 Å². The molecule has 0 bridgehead atoms. The van der Waals surface area contributed by atoms with Crippen molar-refractivity contribution in [2.24, 2.45) is 0 Å². The number of rotatable bonds is 7. The van der Waals surface area contributed by atoms with Crippen LogP contribution in [0.15, 0.2) is 76.8 Å². The van der Waals surface area contributed by atoms with Crippen LogP contribution in [0.4, 0.5) is 10.1 Å². The Bertz CT molecular complexity index is 1330. The minimum atomic E-state index is -0.596. The van der Waals surface area contributed by atoms with E-state index in [1.54, 1.807) is 54.6 Å². The van der Waals surface area contributed by atoms with Gasteiger partial charge in [-0.15, -0.1) is 0 Å². The van der Waals surface area contributed by atoms with Crippen LogP contribution in [0.3, 0.4) is 0 Å². The number of amides is 2. The lowest BCUT2D eigenvalue weighted by atomic mass is 10.1. The highest BCUT2D eigenvalue weighted by Crippen LogP contribution is 2.38. The fourth-order valence-electron chi connectivity index (χ4n) is 3.48. The number of hydrogen-bond acceptors (Lipinski definition) is 5. The summed E-state index contributed by atoms with van der Waals surface area (Å²) in [4.78, 5) is 27.1. The molecular weight excluding hydrogens is 535 g/mol. The van der Waals surface area contributed by atoms with Crippen molar-refractivity contribution in [3.05, 3.63) is 93.7 Å². The molecule has 1 N–H and O–H groups in total. The van der Waals surface area contributed by atoms with Gasteiger partial charge in [0, 0.05) is 5.56 Å². The second-order valence-electron chi connectivity index (χ2n) is 7.44. The molecule has 0 unspecified atom stereocenters. The zero-order chi connectivity index (χ0) is 24.9. The summed E-state index contributed by atoms with van der Waals surface area (Å²) in [5.74, 6) is -0.751. The zero-order valence-electron chi connectivity index (χ0n) is 18.6. The van der Waals surface area contributed by atoms with Gasteiger partial charge in [0.2, 0.25) is 0 Å². The lowest BCUT2D eigenvalue weighted by Crippen LogP contribution is -2.54.